The molecule has 0 bridgehead atoms. The van der Waals surface area contributed by atoms with E-state index in [1.54, 1.807) is 0 Å². The maximum atomic E-state index is 10.8. The highest BCUT2D eigenvalue weighted by Gasteiger charge is 2.14. The van der Waals surface area contributed by atoms with E-state index in [2.05, 4.69) is 19.9 Å². The number of aliphatic carboxylic acids is 2. The molecular formula is C17H25NO4. The number of nitrogens with zero attached hydrogens (tertiary/aromatic N) is 1. The summed E-state index contributed by atoms with van der Waals surface area (Å²) in [5, 5.41) is 17.7. The van der Waals surface area contributed by atoms with Gasteiger partial charge in [0.15, 0.2) is 0 Å². The van der Waals surface area contributed by atoms with Crippen molar-refractivity contribution >= 4 is 11.9 Å². The van der Waals surface area contributed by atoms with Crippen molar-refractivity contribution < 1.29 is 19.8 Å². The molecule has 2 N–H and O–H groups in total. The van der Waals surface area contributed by atoms with Crippen LogP contribution in [0.25, 0.3) is 0 Å². The lowest BCUT2D eigenvalue weighted by Crippen LogP contribution is -2.29. The van der Waals surface area contributed by atoms with Crippen LogP contribution in [0.5, 0.6) is 0 Å². The normalized spacial score (nSPS) is 12.3. The summed E-state index contributed by atoms with van der Waals surface area (Å²) >= 11 is 0. The number of hydrogen-bond donors (Lipinski definition) is 2. The molecule has 0 radical (unpaired) electrons. The van der Waals surface area contributed by atoms with Crippen LogP contribution in [0, 0.1) is 0 Å². The average molecular weight is 307 g/mol. The van der Waals surface area contributed by atoms with Gasteiger partial charge in [-0.05, 0) is 23.5 Å². The lowest BCUT2D eigenvalue weighted by molar-refractivity contribution is -0.137. The fraction of sp³-hybridized carbons (Fsp3) is 0.529. The van der Waals surface area contributed by atoms with E-state index < -0.39 is 11.9 Å². The molecule has 1 atom stereocenters. The second-order valence-electron chi connectivity index (χ2n) is 5.57. The maximum Gasteiger partial charge on any atom is 0.304 e. The zero-order chi connectivity index (χ0) is 16.5. The molecule has 0 aromatic heterocycles. The Morgan fingerprint density at radius 3 is 2.14 bits per heavy atom. The second kappa shape index (κ2) is 9.20. The van der Waals surface area contributed by atoms with Crippen LogP contribution in [0.15, 0.2) is 24.3 Å². The number of rotatable bonds is 10. The molecule has 1 aromatic rings. The third-order valence-electron chi connectivity index (χ3n) is 3.88. The van der Waals surface area contributed by atoms with Gasteiger partial charge in [0.1, 0.15) is 0 Å². The van der Waals surface area contributed by atoms with Gasteiger partial charge < -0.3 is 10.2 Å². The number of carboxylic acid groups (broad SMARTS) is 2. The zero-order valence-electron chi connectivity index (χ0n) is 13.3. The Hall–Kier alpha value is -1.88. The minimum Gasteiger partial charge on any atom is -0.481 e. The van der Waals surface area contributed by atoms with Crippen LogP contribution in [-0.4, -0.2) is 40.1 Å². The average Bonchev–Trinajstić information content (AvgIpc) is 2.49. The Balaban J connectivity index is 2.83. The van der Waals surface area contributed by atoms with Gasteiger partial charge in [-0.1, -0.05) is 38.1 Å². The van der Waals surface area contributed by atoms with Gasteiger partial charge in [0.25, 0.3) is 0 Å². The quantitative estimate of drug-likeness (QED) is 0.695. The molecule has 0 saturated heterocycles. The van der Waals surface area contributed by atoms with Crippen molar-refractivity contribution in [1.29, 1.82) is 0 Å². The van der Waals surface area contributed by atoms with Crippen LogP contribution in [-0.2, 0) is 16.1 Å². The van der Waals surface area contributed by atoms with Crippen molar-refractivity contribution in [3.05, 3.63) is 35.4 Å². The van der Waals surface area contributed by atoms with Crippen LogP contribution in [0.3, 0.4) is 0 Å². The summed E-state index contributed by atoms with van der Waals surface area (Å²) in [4.78, 5) is 23.5. The van der Waals surface area contributed by atoms with Crippen molar-refractivity contribution in [3.63, 3.8) is 0 Å². The third kappa shape index (κ3) is 6.26. The molecular weight excluding hydrogens is 282 g/mol. The van der Waals surface area contributed by atoms with Gasteiger partial charge >= 0.3 is 11.9 Å². The van der Waals surface area contributed by atoms with E-state index in [4.69, 9.17) is 10.2 Å². The van der Waals surface area contributed by atoms with Crippen molar-refractivity contribution in [2.45, 2.75) is 45.6 Å². The molecule has 5 nitrogen and oxygen atoms in total. The molecule has 1 aromatic carbocycles. The summed E-state index contributed by atoms with van der Waals surface area (Å²) in [5.41, 5.74) is 2.40. The second-order valence-corrected chi connectivity index (χ2v) is 5.57. The van der Waals surface area contributed by atoms with E-state index in [0.717, 1.165) is 12.0 Å². The minimum absolute atomic E-state index is 0.0190. The SMILES string of the molecule is CCC(C)c1ccccc1CN(CCC(=O)O)CCC(=O)O. The van der Waals surface area contributed by atoms with Crippen LogP contribution < -0.4 is 0 Å². The summed E-state index contributed by atoms with van der Waals surface area (Å²) in [6.45, 7) is 5.60. The molecule has 0 fully saturated rings. The molecule has 122 valence electrons. The lowest BCUT2D eigenvalue weighted by Gasteiger charge is -2.24. The molecule has 0 spiro atoms. The zero-order valence-corrected chi connectivity index (χ0v) is 13.3. The predicted octanol–water partition coefficient (Wildman–Crippen LogP) is 2.95. The van der Waals surface area contributed by atoms with Crippen LogP contribution in [0.4, 0.5) is 0 Å². The summed E-state index contributed by atoms with van der Waals surface area (Å²) in [5.74, 6) is -1.30. The van der Waals surface area contributed by atoms with E-state index in [0.29, 0.717) is 25.6 Å². The van der Waals surface area contributed by atoms with Crippen molar-refractivity contribution in [2.24, 2.45) is 0 Å². The van der Waals surface area contributed by atoms with Crippen LogP contribution in [0.1, 0.15) is 50.2 Å². The topological polar surface area (TPSA) is 77.8 Å². The maximum absolute atomic E-state index is 10.8. The van der Waals surface area contributed by atoms with E-state index in [-0.39, 0.29) is 12.8 Å². The molecule has 0 saturated carbocycles. The first kappa shape index (κ1) is 18.2. The molecule has 0 amide bonds. The van der Waals surface area contributed by atoms with E-state index in [9.17, 15) is 9.59 Å². The molecule has 1 rings (SSSR count). The first-order chi connectivity index (χ1) is 10.4. The van der Waals surface area contributed by atoms with Gasteiger partial charge in [-0.15, -0.1) is 0 Å². The summed E-state index contributed by atoms with van der Waals surface area (Å²) < 4.78 is 0. The standard InChI is InChI=1S/C17H25NO4/c1-3-13(2)15-7-5-4-6-14(15)12-18(10-8-16(19)20)11-9-17(21)22/h4-7,13H,3,8-12H2,1-2H3,(H,19,20)(H,21,22). The summed E-state index contributed by atoms with van der Waals surface area (Å²) in [7, 11) is 0. The third-order valence-corrected chi connectivity index (χ3v) is 3.88. The molecule has 0 aliphatic heterocycles. The van der Waals surface area contributed by atoms with Gasteiger partial charge in [-0.3, -0.25) is 14.5 Å². The van der Waals surface area contributed by atoms with Gasteiger partial charge in [-0.25, -0.2) is 0 Å². The Labute approximate surface area is 131 Å². The Morgan fingerprint density at radius 1 is 1.09 bits per heavy atom. The first-order valence-electron chi connectivity index (χ1n) is 7.67. The Bertz CT molecular complexity index is 483. The highest BCUT2D eigenvalue weighted by molar-refractivity contribution is 5.67. The van der Waals surface area contributed by atoms with Crippen LogP contribution >= 0.6 is 0 Å². The van der Waals surface area contributed by atoms with Crippen LogP contribution in [0.2, 0.25) is 0 Å². The fourth-order valence-electron chi connectivity index (χ4n) is 2.40. The highest BCUT2D eigenvalue weighted by Crippen LogP contribution is 2.23. The smallest absolute Gasteiger partial charge is 0.304 e. The predicted molar refractivity (Wildman–Crippen MR) is 84.9 cm³/mol. The molecule has 1 unspecified atom stereocenters. The van der Waals surface area contributed by atoms with Crippen molar-refractivity contribution in [2.75, 3.05) is 13.1 Å². The number of hydrogen-bond acceptors (Lipinski definition) is 3. The summed E-state index contributed by atoms with van der Waals surface area (Å²) in [6, 6.07) is 8.10. The number of benzene rings is 1. The minimum atomic E-state index is -0.865. The van der Waals surface area contributed by atoms with Crippen molar-refractivity contribution in [1.82, 2.24) is 4.90 Å². The molecule has 22 heavy (non-hydrogen) atoms. The molecule has 0 aliphatic carbocycles. The number of carbonyl (C=O) groups is 2. The van der Waals surface area contributed by atoms with E-state index in [1.807, 2.05) is 23.1 Å². The van der Waals surface area contributed by atoms with Gasteiger partial charge in [0, 0.05) is 19.6 Å². The van der Waals surface area contributed by atoms with Gasteiger partial charge in [-0.2, -0.15) is 0 Å². The summed E-state index contributed by atoms with van der Waals surface area (Å²) in [6.07, 6.45) is 1.07. The number of carboxylic acids is 2. The van der Waals surface area contributed by atoms with E-state index >= 15 is 0 Å². The molecule has 5 heteroatoms. The monoisotopic (exact) mass is 307 g/mol. The Morgan fingerprint density at radius 2 is 1.64 bits per heavy atom. The highest BCUT2D eigenvalue weighted by atomic mass is 16.4. The van der Waals surface area contributed by atoms with Gasteiger partial charge in [0.05, 0.1) is 12.8 Å². The first-order valence-corrected chi connectivity index (χ1v) is 7.67. The lowest BCUT2D eigenvalue weighted by atomic mass is 9.93. The van der Waals surface area contributed by atoms with Gasteiger partial charge in [0.2, 0.25) is 0 Å². The van der Waals surface area contributed by atoms with Crippen molar-refractivity contribution in [3.8, 4) is 0 Å². The van der Waals surface area contributed by atoms with E-state index in [1.165, 1.54) is 5.56 Å². The Kier molecular flexibility index (Phi) is 7.60. The fourth-order valence-corrected chi connectivity index (χ4v) is 2.40. The molecule has 0 aliphatic rings. The molecule has 0 heterocycles. The largest absolute Gasteiger partial charge is 0.481 e.